The Morgan fingerprint density at radius 3 is 2.38 bits per heavy atom. The minimum absolute atomic E-state index is 0.0584. The van der Waals surface area contributed by atoms with Gasteiger partial charge in [0.2, 0.25) is 0 Å². The first-order valence-electron chi connectivity index (χ1n) is 8.11. The van der Waals surface area contributed by atoms with Gasteiger partial charge in [0.05, 0.1) is 12.7 Å². The van der Waals surface area contributed by atoms with E-state index in [1.165, 1.54) is 16.4 Å². The summed E-state index contributed by atoms with van der Waals surface area (Å²) in [4.78, 5) is 12.1. The molecular weight excluding hydrogens is 374 g/mol. The maximum absolute atomic E-state index is 12.6. The monoisotopic (exact) mass is 393 g/mol. The highest BCUT2D eigenvalue weighted by atomic mass is 32.2. The van der Waals surface area contributed by atoms with Gasteiger partial charge in [0.25, 0.3) is 10.0 Å². The Balaban J connectivity index is 1.93. The quantitative estimate of drug-likeness (QED) is 0.762. The number of benzene rings is 1. The molecule has 1 N–H and O–H groups in total. The highest BCUT2D eigenvalue weighted by Crippen LogP contribution is 2.32. The van der Waals surface area contributed by atoms with E-state index >= 15 is 0 Å². The van der Waals surface area contributed by atoms with Crippen LogP contribution in [0.5, 0.6) is 5.75 Å². The molecule has 0 radical (unpaired) electrons. The number of hydrogen-bond acceptors (Lipinski definition) is 5. The summed E-state index contributed by atoms with van der Waals surface area (Å²) in [6.07, 6.45) is 3.24. The summed E-state index contributed by atoms with van der Waals surface area (Å²) in [6.45, 7) is 1.03. The Hall–Kier alpha value is -2.16. The van der Waals surface area contributed by atoms with Crippen LogP contribution in [0.4, 0.5) is 0 Å². The van der Waals surface area contributed by atoms with Crippen LogP contribution < -0.4 is 4.74 Å². The Labute approximate surface area is 156 Å². The summed E-state index contributed by atoms with van der Waals surface area (Å²) in [5, 5.41) is 9.57. The third-order valence-corrected chi connectivity index (χ3v) is 7.65. The summed E-state index contributed by atoms with van der Waals surface area (Å²) in [5.41, 5.74) is 0.753. The van der Waals surface area contributed by atoms with Crippen molar-refractivity contribution in [1.29, 1.82) is 0 Å². The van der Waals surface area contributed by atoms with Crippen LogP contribution in [0, 0.1) is 0 Å². The Kier molecular flexibility index (Phi) is 5.45. The summed E-state index contributed by atoms with van der Waals surface area (Å²) < 4.78 is 32.0. The number of carboxylic acid groups (broad SMARTS) is 1. The van der Waals surface area contributed by atoms with Gasteiger partial charge in [-0.15, -0.1) is 11.3 Å². The zero-order chi connectivity index (χ0) is 18.7. The second kappa shape index (κ2) is 7.61. The molecule has 0 aliphatic carbocycles. The lowest BCUT2D eigenvalue weighted by Crippen LogP contribution is -2.27. The van der Waals surface area contributed by atoms with Gasteiger partial charge >= 0.3 is 5.97 Å². The Morgan fingerprint density at radius 2 is 1.81 bits per heavy atom. The average molecular weight is 393 g/mol. The van der Waals surface area contributed by atoms with E-state index in [1.54, 1.807) is 37.4 Å². The number of ether oxygens (including phenoxy) is 1. The van der Waals surface area contributed by atoms with E-state index in [-0.39, 0.29) is 9.78 Å². The lowest BCUT2D eigenvalue weighted by Gasteiger charge is -2.13. The lowest BCUT2D eigenvalue weighted by molar-refractivity contribution is -0.130. The fraction of sp³-hybridized carbons (Fsp3) is 0.278. The molecule has 1 aliphatic heterocycles. The summed E-state index contributed by atoms with van der Waals surface area (Å²) in [6, 6.07) is 10.0. The first-order valence-corrected chi connectivity index (χ1v) is 10.4. The predicted octanol–water partition coefficient (Wildman–Crippen LogP) is 3.17. The van der Waals surface area contributed by atoms with E-state index in [0.717, 1.165) is 24.2 Å². The van der Waals surface area contributed by atoms with Crippen LogP contribution in [0.1, 0.15) is 23.3 Å². The van der Waals surface area contributed by atoms with Crippen LogP contribution in [0.25, 0.3) is 11.6 Å². The molecule has 0 spiro atoms. The van der Waals surface area contributed by atoms with Crippen molar-refractivity contribution in [3.05, 3.63) is 46.8 Å². The standard InChI is InChI=1S/C18H19NO5S2/c1-24-14-6-4-13(5-7-14)12-15(18(20)21)16-8-9-17(25-16)26(22,23)19-10-2-3-11-19/h4-9,12H,2-3,10-11H2,1H3,(H,20,21)/b15-12-. The van der Waals surface area contributed by atoms with E-state index < -0.39 is 16.0 Å². The van der Waals surface area contributed by atoms with Gasteiger partial charge in [0.1, 0.15) is 9.96 Å². The van der Waals surface area contributed by atoms with Gasteiger partial charge in [-0.05, 0) is 48.7 Å². The van der Waals surface area contributed by atoms with Gasteiger partial charge in [0, 0.05) is 18.0 Å². The normalized spacial score (nSPS) is 16.0. The first-order chi connectivity index (χ1) is 12.4. The lowest BCUT2D eigenvalue weighted by atomic mass is 10.1. The SMILES string of the molecule is COc1ccc(/C=C(\C(=O)O)c2ccc(S(=O)(=O)N3CCCC3)s2)cc1. The highest BCUT2D eigenvalue weighted by molar-refractivity contribution is 7.91. The molecule has 8 heteroatoms. The molecule has 6 nitrogen and oxygen atoms in total. The number of nitrogens with zero attached hydrogens (tertiary/aromatic N) is 1. The van der Waals surface area contributed by atoms with E-state index in [0.29, 0.717) is 29.3 Å². The van der Waals surface area contributed by atoms with E-state index in [9.17, 15) is 18.3 Å². The molecule has 0 amide bonds. The van der Waals surface area contributed by atoms with Crippen molar-refractivity contribution in [1.82, 2.24) is 4.31 Å². The molecule has 2 heterocycles. The van der Waals surface area contributed by atoms with Crippen LogP contribution in [0.15, 0.2) is 40.6 Å². The summed E-state index contributed by atoms with van der Waals surface area (Å²) >= 11 is 0.987. The summed E-state index contributed by atoms with van der Waals surface area (Å²) in [7, 11) is -1.99. The van der Waals surface area contributed by atoms with Gasteiger partial charge < -0.3 is 9.84 Å². The molecule has 1 aromatic carbocycles. The van der Waals surface area contributed by atoms with Crippen LogP contribution in [-0.4, -0.2) is 44.0 Å². The van der Waals surface area contributed by atoms with Gasteiger partial charge in [-0.25, -0.2) is 13.2 Å². The van der Waals surface area contributed by atoms with Crippen molar-refractivity contribution < 1.29 is 23.1 Å². The van der Waals surface area contributed by atoms with Crippen molar-refractivity contribution in [2.45, 2.75) is 17.1 Å². The van der Waals surface area contributed by atoms with Gasteiger partial charge in [-0.2, -0.15) is 4.31 Å². The molecule has 2 aromatic rings. The Bertz CT molecular complexity index is 923. The van der Waals surface area contributed by atoms with Crippen molar-refractivity contribution in [3.63, 3.8) is 0 Å². The van der Waals surface area contributed by atoms with Crippen LogP contribution in [-0.2, 0) is 14.8 Å². The fourth-order valence-corrected chi connectivity index (χ4v) is 5.75. The summed E-state index contributed by atoms with van der Waals surface area (Å²) in [5.74, 6) is -0.429. The molecule has 3 rings (SSSR count). The minimum atomic E-state index is -3.54. The number of aliphatic carboxylic acids is 1. The number of carboxylic acids is 1. The number of carbonyl (C=O) groups is 1. The van der Waals surface area contributed by atoms with Gasteiger partial charge in [0.15, 0.2) is 0 Å². The predicted molar refractivity (Wildman–Crippen MR) is 101 cm³/mol. The highest BCUT2D eigenvalue weighted by Gasteiger charge is 2.29. The number of thiophene rings is 1. The third kappa shape index (κ3) is 3.82. The first kappa shape index (κ1) is 18.6. The van der Waals surface area contributed by atoms with Crippen molar-refractivity contribution in [3.8, 4) is 5.75 Å². The fourth-order valence-electron chi connectivity index (χ4n) is 2.76. The smallest absolute Gasteiger partial charge is 0.337 e. The van der Waals surface area contributed by atoms with Crippen LogP contribution in [0.3, 0.4) is 0 Å². The maximum Gasteiger partial charge on any atom is 0.337 e. The van der Waals surface area contributed by atoms with E-state index in [1.807, 2.05) is 0 Å². The van der Waals surface area contributed by atoms with Gasteiger partial charge in [-0.1, -0.05) is 12.1 Å². The molecule has 1 saturated heterocycles. The second-order valence-electron chi connectivity index (χ2n) is 5.87. The molecule has 0 unspecified atom stereocenters. The number of sulfonamides is 1. The molecular formula is C18H19NO5S2. The zero-order valence-corrected chi connectivity index (χ0v) is 15.8. The molecule has 1 fully saturated rings. The number of methoxy groups -OCH3 is 1. The number of rotatable bonds is 6. The molecule has 138 valence electrons. The van der Waals surface area contributed by atoms with Crippen LogP contribution >= 0.6 is 11.3 Å². The van der Waals surface area contributed by atoms with Crippen LogP contribution in [0.2, 0.25) is 0 Å². The molecule has 0 bridgehead atoms. The largest absolute Gasteiger partial charge is 0.497 e. The molecule has 0 atom stereocenters. The van der Waals surface area contributed by atoms with Crippen molar-refractivity contribution in [2.75, 3.05) is 20.2 Å². The topological polar surface area (TPSA) is 83.9 Å². The second-order valence-corrected chi connectivity index (χ2v) is 9.11. The number of hydrogen-bond donors (Lipinski definition) is 1. The molecule has 26 heavy (non-hydrogen) atoms. The molecule has 1 aromatic heterocycles. The third-order valence-electron chi connectivity index (χ3n) is 4.16. The van der Waals surface area contributed by atoms with Gasteiger partial charge in [-0.3, -0.25) is 0 Å². The van der Waals surface area contributed by atoms with E-state index in [4.69, 9.17) is 4.74 Å². The maximum atomic E-state index is 12.6. The molecule has 0 saturated carbocycles. The minimum Gasteiger partial charge on any atom is -0.497 e. The average Bonchev–Trinajstić information content (AvgIpc) is 3.32. The molecule has 1 aliphatic rings. The van der Waals surface area contributed by atoms with E-state index in [2.05, 4.69) is 0 Å². The van der Waals surface area contributed by atoms with Crippen molar-refractivity contribution >= 4 is 39.0 Å². The zero-order valence-electron chi connectivity index (χ0n) is 14.2. The van der Waals surface area contributed by atoms with Crippen molar-refractivity contribution in [2.24, 2.45) is 0 Å². The Morgan fingerprint density at radius 1 is 1.15 bits per heavy atom.